The van der Waals surface area contributed by atoms with Gasteiger partial charge in [0.15, 0.2) is 0 Å². The molecular weight excluding hydrogens is 230 g/mol. The molecular formula is C13H21N3O2. The van der Waals surface area contributed by atoms with Crippen LogP contribution >= 0.6 is 0 Å². The van der Waals surface area contributed by atoms with Crippen LogP contribution in [0.3, 0.4) is 0 Å². The van der Waals surface area contributed by atoms with E-state index < -0.39 is 0 Å². The van der Waals surface area contributed by atoms with E-state index in [-0.39, 0.29) is 12.1 Å². The van der Waals surface area contributed by atoms with E-state index in [9.17, 15) is 0 Å². The summed E-state index contributed by atoms with van der Waals surface area (Å²) < 4.78 is 10.8. The summed E-state index contributed by atoms with van der Waals surface area (Å²) in [6.45, 7) is 0.802. The maximum Gasteiger partial charge on any atom is 0.228 e. The Bertz CT molecular complexity index is 381. The van der Waals surface area contributed by atoms with Crippen molar-refractivity contribution < 1.29 is 9.26 Å². The highest BCUT2D eigenvalue weighted by Gasteiger charge is 2.26. The largest absolute Gasteiger partial charge is 0.370 e. The third-order valence-corrected chi connectivity index (χ3v) is 4.12. The molecule has 5 heteroatoms. The zero-order valence-corrected chi connectivity index (χ0v) is 10.7. The molecule has 2 N–H and O–H groups in total. The quantitative estimate of drug-likeness (QED) is 0.885. The van der Waals surface area contributed by atoms with Crippen molar-refractivity contribution in [3.8, 4) is 0 Å². The summed E-state index contributed by atoms with van der Waals surface area (Å²) in [6, 6.07) is 0.158. The first-order valence-corrected chi connectivity index (χ1v) is 7.02. The average molecular weight is 251 g/mol. The molecule has 1 saturated heterocycles. The molecule has 18 heavy (non-hydrogen) atoms. The Morgan fingerprint density at radius 1 is 1.22 bits per heavy atom. The van der Waals surface area contributed by atoms with Gasteiger partial charge in [-0.3, -0.25) is 0 Å². The summed E-state index contributed by atoms with van der Waals surface area (Å²) in [4.78, 5) is 4.42. The van der Waals surface area contributed by atoms with Crippen molar-refractivity contribution in [2.45, 2.75) is 57.1 Å². The van der Waals surface area contributed by atoms with Gasteiger partial charge in [0, 0.05) is 19.1 Å². The lowest BCUT2D eigenvalue weighted by Gasteiger charge is -2.16. The van der Waals surface area contributed by atoms with Gasteiger partial charge in [0.25, 0.3) is 0 Å². The molecule has 100 valence electrons. The van der Waals surface area contributed by atoms with Gasteiger partial charge in [0.2, 0.25) is 11.7 Å². The molecule has 2 fully saturated rings. The zero-order valence-electron chi connectivity index (χ0n) is 10.7. The molecule has 1 aliphatic carbocycles. The molecule has 0 spiro atoms. The number of hydrogen-bond donors (Lipinski definition) is 1. The molecule has 0 bridgehead atoms. The smallest absolute Gasteiger partial charge is 0.228 e. The lowest BCUT2D eigenvalue weighted by molar-refractivity contribution is 0.103. The van der Waals surface area contributed by atoms with Crippen LogP contribution in [0.5, 0.6) is 0 Å². The predicted molar refractivity (Wildman–Crippen MR) is 65.9 cm³/mol. The summed E-state index contributed by atoms with van der Waals surface area (Å²) in [5, 5.41) is 4.01. The maximum absolute atomic E-state index is 6.21. The lowest BCUT2D eigenvalue weighted by Crippen LogP contribution is -2.30. The zero-order chi connectivity index (χ0) is 12.4. The monoisotopic (exact) mass is 251 g/mol. The molecule has 2 aliphatic rings. The van der Waals surface area contributed by atoms with E-state index in [2.05, 4.69) is 10.1 Å². The van der Waals surface area contributed by atoms with Crippen LogP contribution in [0.1, 0.15) is 56.3 Å². The summed E-state index contributed by atoms with van der Waals surface area (Å²) in [7, 11) is 0. The van der Waals surface area contributed by atoms with Crippen LogP contribution in [0.2, 0.25) is 0 Å². The molecule has 0 amide bonds. The van der Waals surface area contributed by atoms with Gasteiger partial charge in [-0.15, -0.1) is 0 Å². The molecule has 1 saturated carbocycles. The number of hydrogen-bond acceptors (Lipinski definition) is 5. The molecule has 2 heterocycles. The lowest BCUT2D eigenvalue weighted by atomic mass is 9.96. The molecule has 1 aromatic heterocycles. The Kier molecular flexibility index (Phi) is 3.61. The second-order valence-corrected chi connectivity index (χ2v) is 5.46. The van der Waals surface area contributed by atoms with Gasteiger partial charge in [-0.1, -0.05) is 18.0 Å². The molecule has 2 unspecified atom stereocenters. The molecule has 3 rings (SSSR count). The molecule has 0 radical (unpaired) electrons. The number of nitrogens with two attached hydrogens (primary N) is 1. The second-order valence-electron chi connectivity index (χ2n) is 5.46. The van der Waals surface area contributed by atoms with Gasteiger partial charge in [0.05, 0.1) is 0 Å². The predicted octanol–water partition coefficient (Wildman–Crippen LogP) is 1.98. The van der Waals surface area contributed by atoms with E-state index >= 15 is 0 Å². The van der Waals surface area contributed by atoms with Crippen LogP contribution in [0.25, 0.3) is 0 Å². The first kappa shape index (κ1) is 12.1. The van der Waals surface area contributed by atoms with Crippen molar-refractivity contribution >= 4 is 0 Å². The van der Waals surface area contributed by atoms with E-state index in [1.807, 2.05) is 0 Å². The van der Waals surface area contributed by atoms with Crippen LogP contribution in [0.15, 0.2) is 4.52 Å². The number of nitrogens with zero attached hydrogens (tertiary/aromatic N) is 2. The highest BCUT2D eigenvalue weighted by Crippen LogP contribution is 2.29. The van der Waals surface area contributed by atoms with Crippen LogP contribution < -0.4 is 5.73 Å². The van der Waals surface area contributed by atoms with Crippen molar-refractivity contribution in [3.63, 3.8) is 0 Å². The number of aromatic nitrogens is 2. The molecule has 1 aliphatic heterocycles. The molecule has 2 atom stereocenters. The standard InChI is InChI=1S/C13H21N3O2/c14-10(9-4-1-2-5-9)8-12-15-13(16-18-12)11-6-3-7-17-11/h9-11H,1-8,14H2. The summed E-state index contributed by atoms with van der Waals surface area (Å²) in [5.41, 5.74) is 6.21. The van der Waals surface area contributed by atoms with Gasteiger partial charge >= 0.3 is 0 Å². The van der Waals surface area contributed by atoms with Crippen LogP contribution in [0, 0.1) is 5.92 Å². The molecule has 1 aromatic rings. The van der Waals surface area contributed by atoms with Crippen LogP contribution in [-0.4, -0.2) is 22.8 Å². The van der Waals surface area contributed by atoms with Gasteiger partial charge in [-0.05, 0) is 31.6 Å². The number of ether oxygens (including phenoxy) is 1. The van der Waals surface area contributed by atoms with Crippen molar-refractivity contribution in [1.82, 2.24) is 10.1 Å². The van der Waals surface area contributed by atoms with E-state index in [4.69, 9.17) is 15.0 Å². The van der Waals surface area contributed by atoms with Crippen molar-refractivity contribution in [3.05, 3.63) is 11.7 Å². The SMILES string of the molecule is NC(Cc1nc(C2CCCO2)no1)C1CCCC1. The summed E-state index contributed by atoms with van der Waals surface area (Å²) in [6.07, 6.45) is 7.91. The van der Waals surface area contributed by atoms with Gasteiger partial charge < -0.3 is 15.0 Å². The Hall–Kier alpha value is -0.940. The highest BCUT2D eigenvalue weighted by molar-refractivity contribution is 4.95. The Labute approximate surface area is 107 Å². The van der Waals surface area contributed by atoms with Gasteiger partial charge in [-0.25, -0.2) is 0 Å². The molecule has 0 aromatic carbocycles. The Morgan fingerprint density at radius 3 is 2.78 bits per heavy atom. The van der Waals surface area contributed by atoms with Crippen LogP contribution in [0.4, 0.5) is 0 Å². The first-order valence-electron chi connectivity index (χ1n) is 7.02. The summed E-state index contributed by atoms with van der Waals surface area (Å²) in [5.74, 6) is 1.99. The first-order chi connectivity index (χ1) is 8.83. The highest BCUT2D eigenvalue weighted by atomic mass is 16.5. The topological polar surface area (TPSA) is 74.2 Å². The normalized spacial score (nSPS) is 26.8. The fraction of sp³-hybridized carbons (Fsp3) is 0.846. The van der Waals surface area contributed by atoms with Gasteiger partial charge in [-0.2, -0.15) is 4.98 Å². The third-order valence-electron chi connectivity index (χ3n) is 4.12. The average Bonchev–Trinajstić information content (AvgIpc) is 3.12. The Morgan fingerprint density at radius 2 is 2.06 bits per heavy atom. The number of rotatable bonds is 4. The van der Waals surface area contributed by atoms with Crippen molar-refractivity contribution in [1.29, 1.82) is 0 Å². The van der Waals surface area contributed by atoms with E-state index in [0.717, 1.165) is 19.4 Å². The molecule has 5 nitrogen and oxygen atoms in total. The Balaban J connectivity index is 1.58. The van der Waals surface area contributed by atoms with Gasteiger partial charge in [0.1, 0.15) is 6.10 Å². The van der Waals surface area contributed by atoms with Crippen molar-refractivity contribution in [2.24, 2.45) is 11.7 Å². The van der Waals surface area contributed by atoms with Crippen molar-refractivity contribution in [2.75, 3.05) is 6.61 Å². The third kappa shape index (κ3) is 2.57. The summed E-state index contributed by atoms with van der Waals surface area (Å²) >= 11 is 0. The maximum atomic E-state index is 6.21. The van der Waals surface area contributed by atoms with E-state index in [0.29, 0.717) is 24.1 Å². The minimum absolute atomic E-state index is 0.0326. The minimum atomic E-state index is 0.0326. The van der Waals surface area contributed by atoms with E-state index in [1.54, 1.807) is 0 Å². The van der Waals surface area contributed by atoms with Crippen LogP contribution in [-0.2, 0) is 11.2 Å². The minimum Gasteiger partial charge on any atom is -0.370 e. The van der Waals surface area contributed by atoms with E-state index in [1.165, 1.54) is 25.7 Å². The fourth-order valence-electron chi connectivity index (χ4n) is 3.02. The second kappa shape index (κ2) is 5.36. The fourth-order valence-corrected chi connectivity index (χ4v) is 3.02.